The van der Waals surface area contributed by atoms with E-state index in [0.29, 0.717) is 49.3 Å². The Kier molecular flexibility index (Phi) is 10.9. The zero-order valence-corrected chi connectivity index (χ0v) is 27.5. The van der Waals surface area contributed by atoms with Crippen LogP contribution in [0.15, 0.2) is 0 Å². The minimum atomic E-state index is -5.08. The maximum absolute atomic E-state index is 10.6. The number of carboxylic acids is 1. The Balaban J connectivity index is 0.000000415. The fourth-order valence-electron chi connectivity index (χ4n) is 12.0. The Bertz CT molecular complexity index is 917. The van der Waals surface area contributed by atoms with Crippen molar-refractivity contribution < 1.29 is 23.1 Å². The van der Waals surface area contributed by atoms with Crippen molar-refractivity contribution in [2.45, 2.75) is 158 Å². The third-order valence-corrected chi connectivity index (χ3v) is 14.0. The summed E-state index contributed by atoms with van der Waals surface area (Å²) in [4.78, 5) is 8.90. The van der Waals surface area contributed by atoms with Crippen molar-refractivity contribution in [3.8, 4) is 0 Å². The second kappa shape index (κ2) is 14.6. The van der Waals surface area contributed by atoms with Gasteiger partial charge in [0.25, 0.3) is 0 Å². The summed E-state index contributed by atoms with van der Waals surface area (Å²) >= 11 is 0. The van der Waals surface area contributed by atoms with Gasteiger partial charge in [0.15, 0.2) is 0 Å². The molecule has 9 N–H and O–H groups in total. The molecule has 274 valence electrons. The quantitative estimate of drug-likeness (QED) is 0.173. The molecule has 9 aliphatic rings. The summed E-state index contributed by atoms with van der Waals surface area (Å²) in [5.41, 5.74) is 0. The highest BCUT2D eigenvalue weighted by molar-refractivity contribution is 5.75. The first-order valence-corrected chi connectivity index (χ1v) is 19.1. The molecule has 48 heavy (non-hydrogen) atoms. The Morgan fingerprint density at radius 3 is 0.625 bits per heavy atom. The number of alkyl halides is 3. The van der Waals surface area contributed by atoms with Gasteiger partial charge in [-0.25, -0.2) is 4.79 Å². The van der Waals surface area contributed by atoms with E-state index >= 15 is 0 Å². The third-order valence-electron chi connectivity index (χ3n) is 14.0. The number of hydrogen-bond acceptors (Lipinski definition) is 9. The fraction of sp³-hybridized carbons (Fsp3) is 0.971. The molecule has 8 atom stereocenters. The molecule has 0 aromatic carbocycles. The first-order chi connectivity index (χ1) is 22.7. The van der Waals surface area contributed by atoms with Crippen LogP contribution >= 0.6 is 0 Å². The van der Waals surface area contributed by atoms with Crippen LogP contribution in [-0.4, -0.2) is 77.5 Å². The molecule has 0 spiro atoms. The number of carbonyl (C=O) groups is 1. The zero-order chi connectivity index (χ0) is 32.3. The van der Waals surface area contributed by atoms with Crippen LogP contribution in [-0.2, 0) is 4.79 Å². The summed E-state index contributed by atoms with van der Waals surface area (Å²) in [5.74, 6) is 3.21. The van der Waals surface area contributed by atoms with Crippen LogP contribution in [0.5, 0.6) is 0 Å². The van der Waals surface area contributed by atoms with Crippen LogP contribution in [0.3, 0.4) is 0 Å². The van der Waals surface area contributed by atoms with Gasteiger partial charge >= 0.3 is 12.1 Å². The summed E-state index contributed by atoms with van der Waals surface area (Å²) in [6.07, 6.45) is 20.5. The van der Waals surface area contributed by atoms with Crippen molar-refractivity contribution in [2.24, 2.45) is 47.3 Å². The molecule has 8 unspecified atom stereocenters. The SMILES string of the molecule is C1CCC2C3NC(NC4NC(NC5NC(NC6NC(N3)C3CCCCC63)C3CCCCC53)C3CCCCC43)C2C1.O=C(O)C(F)(F)F.[SiH4]. The van der Waals surface area contributed by atoms with Gasteiger partial charge in [0.05, 0.1) is 49.3 Å². The first-order valence-electron chi connectivity index (χ1n) is 19.1. The van der Waals surface area contributed by atoms with Crippen molar-refractivity contribution >= 4 is 16.9 Å². The number of halogens is 3. The molecule has 4 saturated carbocycles. The maximum atomic E-state index is 10.6. The van der Waals surface area contributed by atoms with Gasteiger partial charge in [-0.05, 0) is 110 Å². The summed E-state index contributed by atoms with van der Waals surface area (Å²) < 4.78 is 31.7. The predicted molar refractivity (Wildman–Crippen MR) is 182 cm³/mol. The second-order valence-corrected chi connectivity index (χ2v) is 16.4. The lowest BCUT2D eigenvalue weighted by Crippen LogP contribution is -2.61. The van der Waals surface area contributed by atoms with Gasteiger partial charge in [-0.3, -0.25) is 42.5 Å². The van der Waals surface area contributed by atoms with Crippen LogP contribution in [0.1, 0.15) is 103 Å². The zero-order valence-electron chi connectivity index (χ0n) is 27.5. The number of rotatable bonds is 0. The van der Waals surface area contributed by atoms with Crippen molar-refractivity contribution in [2.75, 3.05) is 0 Å². The molecule has 0 radical (unpaired) electrons. The van der Waals surface area contributed by atoms with Gasteiger partial charge in [0.1, 0.15) is 0 Å². The van der Waals surface area contributed by atoms with Crippen LogP contribution in [0, 0.1) is 47.3 Å². The lowest BCUT2D eigenvalue weighted by molar-refractivity contribution is -0.192. The normalized spacial score (nSPS) is 49.6. The Morgan fingerprint density at radius 2 is 0.521 bits per heavy atom. The Hall–Kier alpha value is -0.843. The maximum Gasteiger partial charge on any atom is 0.490 e. The molecule has 4 aliphatic carbocycles. The highest BCUT2D eigenvalue weighted by Crippen LogP contribution is 2.45. The van der Waals surface area contributed by atoms with E-state index < -0.39 is 12.1 Å². The molecule has 10 nitrogen and oxygen atoms in total. The lowest BCUT2D eigenvalue weighted by Gasteiger charge is -2.35. The van der Waals surface area contributed by atoms with Crippen molar-refractivity contribution in [1.29, 1.82) is 0 Å². The molecule has 9 fully saturated rings. The number of nitrogens with one attached hydrogen (secondary N) is 8. The molecule has 0 amide bonds. The molecule has 8 bridgehead atoms. The molecule has 0 aromatic rings. The topological polar surface area (TPSA) is 134 Å². The summed E-state index contributed by atoms with van der Waals surface area (Å²) in [7, 11) is 0. The van der Waals surface area contributed by atoms with E-state index in [4.69, 9.17) is 9.90 Å². The molecular weight excluding hydrogens is 638 g/mol. The summed E-state index contributed by atoms with van der Waals surface area (Å²) in [6.45, 7) is 0. The molecular formula is C34H61F3N8O2Si. The van der Waals surface area contributed by atoms with Gasteiger partial charge in [0.2, 0.25) is 0 Å². The van der Waals surface area contributed by atoms with E-state index in [1.165, 1.54) is 103 Å². The van der Waals surface area contributed by atoms with Gasteiger partial charge in [-0.15, -0.1) is 0 Å². The van der Waals surface area contributed by atoms with Crippen LogP contribution in [0.2, 0.25) is 0 Å². The van der Waals surface area contributed by atoms with E-state index in [1.54, 1.807) is 0 Å². The van der Waals surface area contributed by atoms with Crippen LogP contribution in [0.4, 0.5) is 13.2 Å². The first kappa shape index (κ1) is 35.6. The molecule has 5 saturated heterocycles. The average Bonchev–Trinajstić information content (AvgIpc) is 3.80. The second-order valence-electron chi connectivity index (χ2n) is 16.4. The van der Waals surface area contributed by atoms with Gasteiger partial charge in [0, 0.05) is 0 Å². The minimum absolute atomic E-state index is 0. The molecule has 9 rings (SSSR count). The average molecular weight is 699 g/mol. The molecule has 0 aromatic heterocycles. The molecule has 5 aliphatic heterocycles. The fourth-order valence-corrected chi connectivity index (χ4v) is 12.0. The lowest BCUT2D eigenvalue weighted by atomic mass is 9.76. The summed E-state index contributed by atoms with van der Waals surface area (Å²) in [5, 5.41) is 40.9. The smallest absolute Gasteiger partial charge is 0.475 e. The van der Waals surface area contributed by atoms with Crippen molar-refractivity contribution in [3.63, 3.8) is 0 Å². The van der Waals surface area contributed by atoms with Crippen LogP contribution in [0.25, 0.3) is 0 Å². The standard InChI is InChI=1S/C32H56N8.C2HF3O2.H4Si/c1-2-10-18-17(9-1)25-33-26(18)38-28-21-13-5-6-14-22(21)30(35-28)40-32-24-16-8-7-15-23(24)31(36-32)39-29-20-12-4-3-11-19(20)27(34-29)37-25;3-2(4,5)1(6)7;/h17-40H,1-16H2;(H,6,7);1H4. The van der Waals surface area contributed by atoms with Crippen molar-refractivity contribution in [1.82, 2.24) is 42.5 Å². The number of hydrogen-bond donors (Lipinski definition) is 9. The van der Waals surface area contributed by atoms with Gasteiger partial charge in [-0.2, -0.15) is 13.2 Å². The van der Waals surface area contributed by atoms with Gasteiger partial charge < -0.3 is 5.11 Å². The largest absolute Gasteiger partial charge is 0.490 e. The highest BCUT2D eigenvalue weighted by atomic mass is 28.1. The Labute approximate surface area is 287 Å². The van der Waals surface area contributed by atoms with E-state index in [-0.39, 0.29) is 11.0 Å². The van der Waals surface area contributed by atoms with E-state index in [9.17, 15) is 13.2 Å². The highest BCUT2D eigenvalue weighted by Gasteiger charge is 2.54. The van der Waals surface area contributed by atoms with E-state index in [1.807, 2.05) is 0 Å². The predicted octanol–water partition coefficient (Wildman–Crippen LogP) is 1.79. The monoisotopic (exact) mass is 698 g/mol. The number of aliphatic carboxylic acids is 1. The van der Waals surface area contributed by atoms with E-state index in [0.717, 1.165) is 47.3 Å². The third kappa shape index (κ3) is 6.88. The molecule has 5 heterocycles. The van der Waals surface area contributed by atoms with Gasteiger partial charge in [-0.1, -0.05) is 51.4 Å². The minimum Gasteiger partial charge on any atom is -0.475 e. The summed E-state index contributed by atoms with van der Waals surface area (Å²) in [6, 6.07) is 0. The Morgan fingerprint density at radius 1 is 0.396 bits per heavy atom. The number of fused-ring (bicyclic) bond motifs is 20. The van der Waals surface area contributed by atoms with E-state index in [2.05, 4.69) is 42.5 Å². The van der Waals surface area contributed by atoms with Crippen molar-refractivity contribution in [3.05, 3.63) is 0 Å². The molecule has 14 heteroatoms. The number of carboxylic acid groups (broad SMARTS) is 1. The van der Waals surface area contributed by atoms with Crippen LogP contribution < -0.4 is 42.5 Å².